The minimum absolute atomic E-state index is 0.0978. The minimum Gasteiger partial charge on any atom is -0.354 e. The Balaban J connectivity index is 2.07. The van der Waals surface area contributed by atoms with Crippen LogP contribution in [0.3, 0.4) is 0 Å². The molecule has 2 amide bonds. The lowest BCUT2D eigenvalue weighted by atomic mass is 10.1. The van der Waals surface area contributed by atoms with Gasteiger partial charge in [0.05, 0.1) is 10.6 Å². The van der Waals surface area contributed by atoms with E-state index in [1.165, 1.54) is 21.3 Å². The number of amides is 2. The van der Waals surface area contributed by atoms with Crippen LogP contribution in [-0.4, -0.2) is 44.3 Å². The third kappa shape index (κ3) is 7.72. The number of para-hydroxylation sites is 1. The summed E-state index contributed by atoms with van der Waals surface area (Å²) in [4.78, 5) is 29.1. The van der Waals surface area contributed by atoms with Gasteiger partial charge in [0.25, 0.3) is 10.0 Å². The van der Waals surface area contributed by atoms with Gasteiger partial charge in [0.2, 0.25) is 11.8 Å². The van der Waals surface area contributed by atoms with Crippen LogP contribution in [0.5, 0.6) is 0 Å². The number of nitrogens with one attached hydrogen (secondary N) is 1. The first-order valence-corrected chi connectivity index (χ1v) is 15.3. The number of carbonyl (C=O) groups excluding carboxylic acids is 2. The van der Waals surface area contributed by atoms with Crippen molar-refractivity contribution in [1.29, 1.82) is 0 Å². The van der Waals surface area contributed by atoms with Crippen molar-refractivity contribution in [3.63, 3.8) is 0 Å². The molecule has 1 atom stereocenters. The smallest absolute Gasteiger partial charge is 0.264 e. The number of anilines is 1. The highest BCUT2D eigenvalue weighted by Crippen LogP contribution is 2.28. The Labute approximate surface area is 239 Å². The molecule has 0 radical (unpaired) electrons. The molecule has 0 aliphatic rings. The molecule has 40 heavy (non-hydrogen) atoms. The fourth-order valence-electron chi connectivity index (χ4n) is 4.64. The molecule has 0 spiro atoms. The van der Waals surface area contributed by atoms with Crippen LogP contribution in [0.25, 0.3) is 0 Å². The number of hydrogen-bond donors (Lipinski definition) is 1. The molecule has 1 N–H and O–H groups in total. The van der Waals surface area contributed by atoms with Gasteiger partial charge in [-0.25, -0.2) is 8.42 Å². The molecule has 8 heteroatoms. The highest BCUT2D eigenvalue weighted by molar-refractivity contribution is 7.92. The first-order valence-electron chi connectivity index (χ1n) is 13.9. The van der Waals surface area contributed by atoms with Crippen molar-refractivity contribution in [2.45, 2.75) is 64.9 Å². The predicted octanol–water partition coefficient (Wildman–Crippen LogP) is 5.33. The van der Waals surface area contributed by atoms with Crippen molar-refractivity contribution in [3.05, 3.63) is 95.6 Å². The zero-order chi connectivity index (χ0) is 29.3. The Morgan fingerprint density at radius 2 is 1.57 bits per heavy atom. The summed E-state index contributed by atoms with van der Waals surface area (Å²) in [7, 11) is -4.08. The lowest BCUT2D eigenvalue weighted by Gasteiger charge is -2.34. The third-order valence-electron chi connectivity index (χ3n) is 6.76. The van der Waals surface area contributed by atoms with Gasteiger partial charge in [-0.2, -0.15) is 0 Å². The van der Waals surface area contributed by atoms with E-state index in [1.54, 1.807) is 30.3 Å². The van der Waals surface area contributed by atoms with Crippen molar-refractivity contribution < 1.29 is 18.0 Å². The summed E-state index contributed by atoms with van der Waals surface area (Å²) in [5.41, 5.74) is 3.17. The predicted molar refractivity (Wildman–Crippen MR) is 160 cm³/mol. The van der Waals surface area contributed by atoms with Crippen LogP contribution >= 0.6 is 0 Å². The standard InChI is InChI=1S/C32H41N3O4S/c1-6-27-16-11-12-19-30(27)35(40(38,39)28-17-9-8-10-18-28)23-31(36)34(22-26-15-13-14-25(5)20-26)29(7-2)32(37)33-21-24(3)4/h8-20,24,29H,6-7,21-23H2,1-5H3,(H,33,37)/t29-/m1/s1. The van der Waals surface area contributed by atoms with Crippen molar-refractivity contribution in [3.8, 4) is 0 Å². The first-order chi connectivity index (χ1) is 19.1. The summed E-state index contributed by atoms with van der Waals surface area (Å²) in [5.74, 6) is -0.443. The van der Waals surface area contributed by atoms with E-state index in [0.29, 0.717) is 25.1 Å². The van der Waals surface area contributed by atoms with Crippen molar-refractivity contribution >= 4 is 27.5 Å². The number of sulfonamides is 1. The van der Waals surface area contributed by atoms with Crippen molar-refractivity contribution in [2.24, 2.45) is 5.92 Å². The summed E-state index contributed by atoms with van der Waals surface area (Å²) < 4.78 is 29.2. The van der Waals surface area contributed by atoms with E-state index in [4.69, 9.17) is 0 Å². The molecule has 3 aromatic rings. The molecule has 0 bridgehead atoms. The maximum atomic E-state index is 14.2. The lowest BCUT2D eigenvalue weighted by Crippen LogP contribution is -2.52. The molecule has 214 valence electrons. The van der Waals surface area contributed by atoms with Gasteiger partial charge in [-0.3, -0.25) is 13.9 Å². The van der Waals surface area contributed by atoms with Gasteiger partial charge in [0.15, 0.2) is 0 Å². The maximum absolute atomic E-state index is 14.2. The van der Waals surface area contributed by atoms with E-state index in [0.717, 1.165) is 16.7 Å². The van der Waals surface area contributed by atoms with Crippen LogP contribution in [0, 0.1) is 12.8 Å². The van der Waals surface area contributed by atoms with Crippen LogP contribution in [0.4, 0.5) is 5.69 Å². The number of nitrogens with zero attached hydrogens (tertiary/aromatic N) is 2. The molecule has 0 saturated carbocycles. The van der Waals surface area contributed by atoms with E-state index in [-0.39, 0.29) is 23.3 Å². The maximum Gasteiger partial charge on any atom is 0.264 e. The molecule has 0 saturated heterocycles. The molecule has 0 aromatic heterocycles. The topological polar surface area (TPSA) is 86.8 Å². The molecule has 0 unspecified atom stereocenters. The van der Waals surface area contributed by atoms with Crippen LogP contribution < -0.4 is 9.62 Å². The summed E-state index contributed by atoms with van der Waals surface area (Å²) in [6.45, 7) is 10.0. The Bertz CT molecular complexity index is 1390. The Kier molecular flexibility index (Phi) is 10.9. The first kappa shape index (κ1) is 30.9. The molecule has 0 aliphatic heterocycles. The van der Waals surface area contributed by atoms with E-state index in [2.05, 4.69) is 5.32 Å². The minimum atomic E-state index is -4.08. The summed E-state index contributed by atoms with van der Waals surface area (Å²) in [5, 5.41) is 2.96. The summed E-state index contributed by atoms with van der Waals surface area (Å²) >= 11 is 0. The van der Waals surface area contributed by atoms with Crippen LogP contribution in [0.2, 0.25) is 0 Å². The number of benzene rings is 3. The van der Waals surface area contributed by atoms with E-state index >= 15 is 0 Å². The van der Waals surface area contributed by atoms with E-state index in [1.807, 2.05) is 71.0 Å². The second-order valence-corrected chi connectivity index (χ2v) is 12.2. The number of hydrogen-bond acceptors (Lipinski definition) is 4. The van der Waals surface area contributed by atoms with Gasteiger partial charge in [0.1, 0.15) is 12.6 Å². The molecular formula is C32H41N3O4S. The highest BCUT2D eigenvalue weighted by atomic mass is 32.2. The highest BCUT2D eigenvalue weighted by Gasteiger charge is 2.34. The monoisotopic (exact) mass is 563 g/mol. The van der Waals surface area contributed by atoms with Crippen molar-refractivity contribution in [1.82, 2.24) is 10.2 Å². The largest absolute Gasteiger partial charge is 0.354 e. The summed E-state index contributed by atoms with van der Waals surface area (Å²) in [6.07, 6.45) is 0.978. The van der Waals surface area contributed by atoms with Gasteiger partial charge in [-0.1, -0.05) is 93.9 Å². The van der Waals surface area contributed by atoms with Crippen LogP contribution in [0.1, 0.15) is 50.8 Å². The molecule has 3 rings (SSSR count). The second-order valence-electron chi connectivity index (χ2n) is 10.4. The molecule has 0 heterocycles. The van der Waals surface area contributed by atoms with Crippen LogP contribution in [0.15, 0.2) is 83.8 Å². The normalized spacial score (nSPS) is 12.2. The van der Waals surface area contributed by atoms with Gasteiger partial charge in [-0.15, -0.1) is 0 Å². The Morgan fingerprint density at radius 1 is 0.900 bits per heavy atom. The third-order valence-corrected chi connectivity index (χ3v) is 8.53. The molecule has 3 aromatic carbocycles. The number of aryl methyl sites for hydroxylation is 2. The Morgan fingerprint density at radius 3 is 2.20 bits per heavy atom. The second kappa shape index (κ2) is 14.1. The number of carbonyl (C=O) groups is 2. The zero-order valence-corrected chi connectivity index (χ0v) is 24.9. The Hall–Kier alpha value is -3.65. The quantitative estimate of drug-likeness (QED) is 0.305. The van der Waals surface area contributed by atoms with E-state index in [9.17, 15) is 18.0 Å². The molecule has 7 nitrogen and oxygen atoms in total. The van der Waals surface area contributed by atoms with Crippen LogP contribution in [-0.2, 0) is 32.6 Å². The fourth-order valence-corrected chi connectivity index (χ4v) is 6.11. The lowest BCUT2D eigenvalue weighted by molar-refractivity contribution is -0.140. The van der Waals surface area contributed by atoms with Gasteiger partial charge in [0, 0.05) is 13.1 Å². The van der Waals surface area contributed by atoms with Gasteiger partial charge < -0.3 is 10.2 Å². The van der Waals surface area contributed by atoms with Gasteiger partial charge in [-0.05, 0) is 55.0 Å². The zero-order valence-electron chi connectivity index (χ0n) is 24.1. The SMILES string of the molecule is CCc1ccccc1N(CC(=O)N(Cc1cccc(C)c1)[C@H](CC)C(=O)NCC(C)C)S(=O)(=O)c1ccccc1. The van der Waals surface area contributed by atoms with Gasteiger partial charge >= 0.3 is 0 Å². The fraction of sp³-hybridized carbons (Fsp3) is 0.375. The molecule has 0 aliphatic carbocycles. The average Bonchev–Trinajstić information content (AvgIpc) is 2.95. The molecular weight excluding hydrogens is 522 g/mol. The van der Waals surface area contributed by atoms with E-state index < -0.39 is 28.5 Å². The number of rotatable bonds is 13. The average molecular weight is 564 g/mol. The molecule has 0 fully saturated rings. The van der Waals surface area contributed by atoms with Crippen molar-refractivity contribution in [2.75, 3.05) is 17.4 Å². The summed E-state index contributed by atoms with van der Waals surface area (Å²) in [6, 6.07) is 22.4.